The van der Waals surface area contributed by atoms with Gasteiger partial charge in [0.25, 0.3) is 0 Å². The van der Waals surface area contributed by atoms with Crippen LogP contribution in [-0.2, 0) is 6.54 Å². The molecule has 1 heterocycles. The summed E-state index contributed by atoms with van der Waals surface area (Å²) in [7, 11) is 0. The standard InChI is InChI=1S/C17H25FN2O/c1-17(21)8-3-10-20(11-9-17)16-13(4-2-5-15(16)18)12-19-14-6-7-14/h2,4-5,14,19,21H,3,6-12H2,1H3. The molecular formula is C17H25FN2O. The molecule has 116 valence electrons. The van der Waals surface area contributed by atoms with Crippen LogP contribution in [0.15, 0.2) is 18.2 Å². The van der Waals surface area contributed by atoms with Gasteiger partial charge in [-0.3, -0.25) is 0 Å². The van der Waals surface area contributed by atoms with E-state index < -0.39 is 5.60 Å². The Kier molecular flexibility index (Phi) is 4.18. The second-order valence-electron chi connectivity index (χ2n) is 6.74. The van der Waals surface area contributed by atoms with Crippen molar-refractivity contribution in [1.29, 1.82) is 0 Å². The van der Waals surface area contributed by atoms with Crippen LogP contribution in [0.25, 0.3) is 0 Å². The number of hydrogen-bond donors (Lipinski definition) is 2. The Morgan fingerprint density at radius 3 is 2.90 bits per heavy atom. The van der Waals surface area contributed by atoms with E-state index in [1.54, 1.807) is 12.1 Å². The highest BCUT2D eigenvalue weighted by Gasteiger charge is 2.27. The Bertz CT molecular complexity index is 500. The maximum atomic E-state index is 14.4. The first kappa shape index (κ1) is 14.8. The van der Waals surface area contributed by atoms with E-state index in [1.165, 1.54) is 12.8 Å². The quantitative estimate of drug-likeness (QED) is 0.896. The summed E-state index contributed by atoms with van der Waals surface area (Å²) in [6, 6.07) is 5.96. The molecule has 2 fully saturated rings. The maximum Gasteiger partial charge on any atom is 0.146 e. The Morgan fingerprint density at radius 1 is 1.33 bits per heavy atom. The minimum absolute atomic E-state index is 0.147. The monoisotopic (exact) mass is 292 g/mol. The van der Waals surface area contributed by atoms with Crippen molar-refractivity contribution in [3.63, 3.8) is 0 Å². The molecule has 1 unspecified atom stereocenters. The van der Waals surface area contributed by atoms with Crippen LogP contribution in [-0.4, -0.2) is 29.8 Å². The molecule has 21 heavy (non-hydrogen) atoms. The van der Waals surface area contributed by atoms with E-state index >= 15 is 0 Å². The van der Waals surface area contributed by atoms with Gasteiger partial charge >= 0.3 is 0 Å². The molecule has 2 N–H and O–H groups in total. The van der Waals surface area contributed by atoms with E-state index in [2.05, 4.69) is 10.2 Å². The van der Waals surface area contributed by atoms with Crippen LogP contribution in [0.3, 0.4) is 0 Å². The molecule has 1 aliphatic heterocycles. The maximum absolute atomic E-state index is 14.4. The molecule has 0 amide bonds. The summed E-state index contributed by atoms with van der Waals surface area (Å²) < 4.78 is 14.4. The van der Waals surface area contributed by atoms with Crippen molar-refractivity contribution < 1.29 is 9.50 Å². The van der Waals surface area contributed by atoms with Crippen molar-refractivity contribution in [2.45, 2.75) is 57.2 Å². The van der Waals surface area contributed by atoms with Crippen molar-refractivity contribution in [1.82, 2.24) is 5.32 Å². The van der Waals surface area contributed by atoms with E-state index in [0.717, 1.165) is 37.2 Å². The van der Waals surface area contributed by atoms with Crippen molar-refractivity contribution in [3.8, 4) is 0 Å². The predicted octanol–water partition coefficient (Wildman–Crippen LogP) is 2.82. The Labute approximate surface area is 126 Å². The molecule has 1 atom stereocenters. The number of halogens is 1. The molecule has 1 aliphatic carbocycles. The minimum atomic E-state index is -0.619. The lowest BCUT2D eigenvalue weighted by atomic mass is 9.98. The third-order valence-electron chi connectivity index (χ3n) is 4.61. The smallest absolute Gasteiger partial charge is 0.146 e. The summed E-state index contributed by atoms with van der Waals surface area (Å²) >= 11 is 0. The first-order valence-corrected chi connectivity index (χ1v) is 8.03. The molecule has 1 aromatic carbocycles. The number of para-hydroxylation sites is 1. The molecule has 2 aliphatic rings. The summed E-state index contributed by atoms with van der Waals surface area (Å²) in [4.78, 5) is 2.11. The topological polar surface area (TPSA) is 35.5 Å². The SMILES string of the molecule is CC1(O)CCCN(c2c(F)cccc2CNC2CC2)CC1. The second-order valence-corrected chi connectivity index (χ2v) is 6.74. The van der Waals surface area contributed by atoms with Gasteiger partial charge in [-0.2, -0.15) is 0 Å². The number of nitrogens with zero attached hydrogens (tertiary/aromatic N) is 1. The van der Waals surface area contributed by atoms with Crippen molar-refractivity contribution >= 4 is 5.69 Å². The molecule has 0 bridgehead atoms. The van der Waals surface area contributed by atoms with E-state index in [9.17, 15) is 9.50 Å². The number of hydrogen-bond acceptors (Lipinski definition) is 3. The van der Waals surface area contributed by atoms with Gasteiger partial charge in [-0.25, -0.2) is 4.39 Å². The summed E-state index contributed by atoms with van der Waals surface area (Å²) in [5.74, 6) is -0.147. The third-order valence-corrected chi connectivity index (χ3v) is 4.61. The van der Waals surface area contributed by atoms with Crippen LogP contribution in [0.5, 0.6) is 0 Å². The minimum Gasteiger partial charge on any atom is -0.390 e. The van der Waals surface area contributed by atoms with Gasteiger partial charge in [0.1, 0.15) is 5.82 Å². The fourth-order valence-electron chi connectivity index (χ4n) is 3.09. The third kappa shape index (κ3) is 3.74. The summed E-state index contributed by atoms with van der Waals surface area (Å²) in [5, 5.41) is 13.7. The zero-order chi connectivity index (χ0) is 14.9. The second kappa shape index (κ2) is 5.93. The fourth-order valence-corrected chi connectivity index (χ4v) is 3.09. The van der Waals surface area contributed by atoms with Gasteiger partial charge in [-0.1, -0.05) is 12.1 Å². The van der Waals surface area contributed by atoms with E-state index in [4.69, 9.17) is 0 Å². The summed E-state index contributed by atoms with van der Waals surface area (Å²) in [6.07, 6.45) is 4.84. The first-order valence-electron chi connectivity index (χ1n) is 8.03. The van der Waals surface area contributed by atoms with Crippen LogP contribution < -0.4 is 10.2 Å². The zero-order valence-electron chi connectivity index (χ0n) is 12.7. The van der Waals surface area contributed by atoms with Crippen LogP contribution >= 0.6 is 0 Å². The average Bonchev–Trinajstić information content (AvgIpc) is 3.25. The normalized spacial score (nSPS) is 26.7. The highest BCUT2D eigenvalue weighted by Crippen LogP contribution is 2.30. The van der Waals surface area contributed by atoms with Gasteiger partial charge in [0.2, 0.25) is 0 Å². The lowest BCUT2D eigenvalue weighted by Crippen LogP contribution is -2.30. The van der Waals surface area contributed by atoms with E-state index in [1.807, 2.05) is 13.0 Å². The Balaban J connectivity index is 1.78. The zero-order valence-corrected chi connectivity index (χ0v) is 12.7. The average molecular weight is 292 g/mol. The molecule has 0 spiro atoms. The molecule has 0 aromatic heterocycles. The number of rotatable bonds is 4. The molecule has 4 heteroatoms. The lowest BCUT2D eigenvalue weighted by Gasteiger charge is -2.27. The highest BCUT2D eigenvalue weighted by atomic mass is 19.1. The van der Waals surface area contributed by atoms with Crippen molar-refractivity contribution in [2.24, 2.45) is 0 Å². The van der Waals surface area contributed by atoms with E-state index in [-0.39, 0.29) is 5.82 Å². The van der Waals surface area contributed by atoms with Crippen LogP contribution in [0, 0.1) is 5.82 Å². The van der Waals surface area contributed by atoms with Gasteiger partial charge in [0.05, 0.1) is 11.3 Å². The Hall–Kier alpha value is -1.13. The fraction of sp³-hybridized carbons (Fsp3) is 0.647. The number of nitrogens with one attached hydrogen (secondary N) is 1. The molecule has 3 nitrogen and oxygen atoms in total. The van der Waals surface area contributed by atoms with Gasteiger partial charge in [-0.05, 0) is 50.7 Å². The first-order chi connectivity index (χ1) is 10.1. The van der Waals surface area contributed by atoms with E-state index in [0.29, 0.717) is 19.0 Å². The molecule has 0 radical (unpaired) electrons. The molecule has 1 aromatic rings. The largest absolute Gasteiger partial charge is 0.390 e. The molecular weight excluding hydrogens is 267 g/mol. The highest BCUT2D eigenvalue weighted by molar-refractivity contribution is 5.55. The Morgan fingerprint density at radius 2 is 2.14 bits per heavy atom. The van der Waals surface area contributed by atoms with Gasteiger partial charge in [0.15, 0.2) is 0 Å². The number of aliphatic hydroxyl groups is 1. The molecule has 3 rings (SSSR count). The number of benzene rings is 1. The van der Waals surface area contributed by atoms with Crippen LogP contribution in [0.1, 0.15) is 44.6 Å². The van der Waals surface area contributed by atoms with Crippen molar-refractivity contribution in [3.05, 3.63) is 29.6 Å². The predicted molar refractivity (Wildman–Crippen MR) is 82.9 cm³/mol. The van der Waals surface area contributed by atoms with Crippen molar-refractivity contribution in [2.75, 3.05) is 18.0 Å². The lowest BCUT2D eigenvalue weighted by molar-refractivity contribution is 0.0481. The van der Waals surface area contributed by atoms with Gasteiger partial charge in [-0.15, -0.1) is 0 Å². The summed E-state index contributed by atoms with van der Waals surface area (Å²) in [5.41, 5.74) is 1.14. The van der Waals surface area contributed by atoms with Gasteiger partial charge in [0, 0.05) is 25.7 Å². The molecule has 1 saturated heterocycles. The number of anilines is 1. The molecule has 1 saturated carbocycles. The van der Waals surface area contributed by atoms with Crippen LogP contribution in [0.4, 0.5) is 10.1 Å². The van der Waals surface area contributed by atoms with Gasteiger partial charge < -0.3 is 15.3 Å². The summed E-state index contributed by atoms with van der Waals surface area (Å²) in [6.45, 7) is 4.13. The van der Waals surface area contributed by atoms with Crippen LogP contribution in [0.2, 0.25) is 0 Å².